The molecule has 0 aliphatic rings. The molecule has 17 heteroatoms. The number of methoxy groups -OCH3 is 1. The Kier molecular flexibility index (Phi) is 12.2. The maximum absolute atomic E-state index is 13.7. The zero-order chi connectivity index (χ0) is 35.8. The summed E-state index contributed by atoms with van der Waals surface area (Å²) in [4.78, 5) is 38.4. The van der Waals surface area contributed by atoms with Crippen LogP contribution in [-0.4, -0.2) is 55.3 Å². The fourth-order valence-electron chi connectivity index (χ4n) is 4.36. The summed E-state index contributed by atoms with van der Waals surface area (Å²) in [5.41, 5.74) is 7.95. The second kappa shape index (κ2) is 15.7. The number of hydrogen-bond donors (Lipinski definition) is 5. The molecule has 3 aromatic carbocycles. The Morgan fingerprint density at radius 3 is 2.31 bits per heavy atom. The Hall–Kier alpha value is -5.09. The van der Waals surface area contributed by atoms with Gasteiger partial charge in [0.25, 0.3) is 0 Å². The molecule has 1 unspecified atom stereocenters. The predicted octanol–water partition coefficient (Wildman–Crippen LogP) is 5.33. The smallest absolute Gasteiger partial charge is 0.490 e. The molecule has 0 fully saturated rings. The summed E-state index contributed by atoms with van der Waals surface area (Å²) >= 11 is 6.24. The first-order valence-electron chi connectivity index (χ1n) is 13.9. The monoisotopic (exact) mass is 709 g/mol. The molecule has 0 bridgehead atoms. The van der Waals surface area contributed by atoms with E-state index in [-0.39, 0.29) is 23.1 Å². The summed E-state index contributed by atoms with van der Waals surface area (Å²) < 4.78 is 62.7. The molecule has 0 aliphatic heterocycles. The van der Waals surface area contributed by atoms with Crippen LogP contribution in [0, 0.1) is 0 Å². The predicted molar refractivity (Wildman–Crippen MR) is 175 cm³/mol. The highest BCUT2D eigenvalue weighted by Crippen LogP contribution is 2.31. The molecule has 6 N–H and O–H groups in total. The molecule has 1 aromatic heterocycles. The third-order valence-electron chi connectivity index (χ3n) is 6.67. The SMILES string of the molecule is CCS(=O)(=O)c1ccc(NC(C)=O)cc1CNC(=O)C(Nc1ccc2c(N)nccc2c1)c1ccc(Cl)c(OC)c1.O=C(O)C(F)(F)F. The number of carbonyl (C=O) groups excluding carboxylic acids is 2. The number of anilines is 3. The van der Waals surface area contributed by atoms with Crippen molar-refractivity contribution in [2.45, 2.75) is 37.5 Å². The van der Waals surface area contributed by atoms with Crippen molar-refractivity contribution in [1.29, 1.82) is 0 Å². The standard InChI is InChI=1S/C29H30ClN5O5S.C2HF3O2/c1-4-41(38,39)26-10-7-21(34-17(2)36)14-20(26)16-33-29(37)27(19-5-9-24(30)25(15-19)40-3)35-22-6-8-23-18(13-22)11-12-32-28(23)31;3-2(4,5)1(6)7/h5-15,27,35H,4,16H2,1-3H3,(H2,31,32)(H,33,37)(H,34,36);(H,6,7). The number of nitrogens with two attached hydrogens (primary N) is 1. The van der Waals surface area contributed by atoms with Gasteiger partial charge in [0.1, 0.15) is 17.6 Å². The number of benzene rings is 3. The lowest BCUT2D eigenvalue weighted by Crippen LogP contribution is -2.33. The normalized spacial score (nSPS) is 11.9. The Bertz CT molecular complexity index is 1940. The molecule has 12 nitrogen and oxygen atoms in total. The van der Waals surface area contributed by atoms with Gasteiger partial charge in [0.05, 0.1) is 22.8 Å². The van der Waals surface area contributed by atoms with Crippen molar-refractivity contribution >= 4 is 67.2 Å². The number of aliphatic carboxylic acids is 1. The van der Waals surface area contributed by atoms with Crippen LogP contribution in [0.2, 0.25) is 5.02 Å². The molecular formula is C31H31ClF3N5O7S. The largest absolute Gasteiger partial charge is 0.495 e. The number of hydrogen-bond acceptors (Lipinski definition) is 9. The van der Waals surface area contributed by atoms with E-state index in [1.807, 2.05) is 18.2 Å². The quantitative estimate of drug-likeness (QED) is 0.144. The van der Waals surface area contributed by atoms with Gasteiger partial charge in [-0.05, 0) is 71.1 Å². The molecule has 48 heavy (non-hydrogen) atoms. The number of alkyl halides is 3. The summed E-state index contributed by atoms with van der Waals surface area (Å²) in [6.07, 6.45) is -3.48. The third-order valence-corrected chi connectivity index (χ3v) is 8.81. The zero-order valence-electron chi connectivity index (χ0n) is 25.7. The number of amides is 2. The lowest BCUT2D eigenvalue weighted by molar-refractivity contribution is -0.192. The van der Waals surface area contributed by atoms with Crippen molar-refractivity contribution < 1.29 is 45.8 Å². The molecule has 1 atom stereocenters. The minimum Gasteiger partial charge on any atom is -0.495 e. The van der Waals surface area contributed by atoms with Crippen molar-refractivity contribution in [2.75, 3.05) is 29.2 Å². The van der Waals surface area contributed by atoms with Gasteiger partial charge in [0.15, 0.2) is 9.84 Å². The Morgan fingerprint density at radius 2 is 1.71 bits per heavy atom. The van der Waals surface area contributed by atoms with E-state index < -0.39 is 33.9 Å². The lowest BCUT2D eigenvalue weighted by Gasteiger charge is -2.22. The molecule has 1 heterocycles. The number of nitrogen functional groups attached to an aromatic ring is 1. The van der Waals surface area contributed by atoms with Gasteiger partial charge >= 0.3 is 12.1 Å². The second-order valence-corrected chi connectivity index (χ2v) is 12.7. The number of carbonyl (C=O) groups is 3. The lowest BCUT2D eigenvalue weighted by atomic mass is 10.0. The summed E-state index contributed by atoms with van der Waals surface area (Å²) in [6, 6.07) is 15.8. The molecule has 0 aliphatic carbocycles. The molecule has 0 saturated carbocycles. The van der Waals surface area contributed by atoms with E-state index >= 15 is 0 Å². The average Bonchev–Trinajstić information content (AvgIpc) is 3.02. The fraction of sp³-hybridized carbons (Fsp3) is 0.226. The molecule has 4 rings (SSSR count). The van der Waals surface area contributed by atoms with Crippen LogP contribution in [0.3, 0.4) is 0 Å². The Morgan fingerprint density at radius 1 is 1.04 bits per heavy atom. The van der Waals surface area contributed by atoms with Gasteiger partial charge in [0.2, 0.25) is 11.8 Å². The average molecular weight is 710 g/mol. The number of carboxylic acid groups (broad SMARTS) is 1. The molecule has 256 valence electrons. The highest BCUT2D eigenvalue weighted by Gasteiger charge is 2.38. The van der Waals surface area contributed by atoms with E-state index in [1.165, 1.54) is 26.2 Å². The van der Waals surface area contributed by atoms with Crippen molar-refractivity contribution in [3.05, 3.63) is 83.0 Å². The van der Waals surface area contributed by atoms with Crippen LogP contribution in [-0.2, 0) is 30.8 Å². The first-order valence-corrected chi connectivity index (χ1v) is 15.9. The van der Waals surface area contributed by atoms with Crippen LogP contribution < -0.4 is 26.4 Å². The minimum atomic E-state index is -5.08. The number of ether oxygens (including phenoxy) is 1. The van der Waals surface area contributed by atoms with Crippen LogP contribution >= 0.6 is 11.6 Å². The summed E-state index contributed by atoms with van der Waals surface area (Å²) in [7, 11) is -2.13. The van der Waals surface area contributed by atoms with E-state index in [9.17, 15) is 31.2 Å². The molecule has 2 amide bonds. The van der Waals surface area contributed by atoms with Crippen molar-refractivity contribution in [1.82, 2.24) is 10.3 Å². The van der Waals surface area contributed by atoms with E-state index in [4.69, 9.17) is 32.0 Å². The van der Waals surface area contributed by atoms with Crippen molar-refractivity contribution in [3.8, 4) is 5.75 Å². The van der Waals surface area contributed by atoms with Crippen molar-refractivity contribution in [2.24, 2.45) is 0 Å². The summed E-state index contributed by atoms with van der Waals surface area (Å²) in [5, 5.41) is 17.9. The van der Waals surface area contributed by atoms with Gasteiger partial charge in [0, 0.05) is 36.4 Å². The van der Waals surface area contributed by atoms with E-state index in [1.54, 1.807) is 43.5 Å². The van der Waals surface area contributed by atoms with Crippen LogP contribution in [0.25, 0.3) is 10.8 Å². The van der Waals surface area contributed by atoms with Gasteiger partial charge in [-0.15, -0.1) is 0 Å². The number of pyridine rings is 1. The number of fused-ring (bicyclic) bond motifs is 1. The van der Waals surface area contributed by atoms with E-state index in [0.717, 1.165) is 10.8 Å². The first kappa shape index (κ1) is 37.4. The van der Waals surface area contributed by atoms with Crippen LogP contribution in [0.1, 0.15) is 31.0 Å². The highest BCUT2D eigenvalue weighted by molar-refractivity contribution is 7.91. The maximum Gasteiger partial charge on any atom is 0.490 e. The molecule has 4 aromatic rings. The third kappa shape index (κ3) is 9.71. The number of nitrogens with zero attached hydrogens (tertiary/aromatic N) is 1. The number of carboxylic acids is 1. The fourth-order valence-corrected chi connectivity index (χ4v) is 5.67. The van der Waals surface area contributed by atoms with Gasteiger partial charge in [-0.25, -0.2) is 18.2 Å². The van der Waals surface area contributed by atoms with Gasteiger partial charge in [-0.2, -0.15) is 13.2 Å². The Labute approximate surface area is 278 Å². The van der Waals surface area contributed by atoms with Crippen LogP contribution in [0.4, 0.5) is 30.4 Å². The molecule has 0 spiro atoms. The molecular weight excluding hydrogens is 679 g/mol. The number of rotatable bonds is 10. The van der Waals surface area contributed by atoms with Crippen LogP contribution in [0.15, 0.2) is 71.8 Å². The number of halogens is 4. The van der Waals surface area contributed by atoms with Crippen molar-refractivity contribution in [3.63, 3.8) is 0 Å². The second-order valence-electron chi connectivity index (χ2n) is 10.0. The van der Waals surface area contributed by atoms with Gasteiger partial charge in [-0.3, -0.25) is 9.59 Å². The maximum atomic E-state index is 13.7. The first-order chi connectivity index (χ1) is 22.5. The summed E-state index contributed by atoms with van der Waals surface area (Å²) in [6.45, 7) is 2.79. The minimum absolute atomic E-state index is 0.0767. The summed E-state index contributed by atoms with van der Waals surface area (Å²) in [5.74, 6) is -2.84. The van der Waals surface area contributed by atoms with E-state index in [2.05, 4.69) is 20.9 Å². The van der Waals surface area contributed by atoms with Gasteiger partial charge < -0.3 is 31.5 Å². The van der Waals surface area contributed by atoms with E-state index in [0.29, 0.717) is 39.1 Å². The number of nitrogens with one attached hydrogen (secondary N) is 3. The highest BCUT2D eigenvalue weighted by atomic mass is 35.5. The van der Waals surface area contributed by atoms with Crippen LogP contribution in [0.5, 0.6) is 5.75 Å². The Balaban J connectivity index is 0.000000804. The number of sulfone groups is 1. The topological polar surface area (TPSA) is 190 Å². The molecule has 0 radical (unpaired) electrons. The zero-order valence-corrected chi connectivity index (χ0v) is 27.3. The van der Waals surface area contributed by atoms with Gasteiger partial charge in [-0.1, -0.05) is 24.6 Å². The number of aromatic nitrogens is 1. The molecule has 0 saturated heterocycles.